The Balaban J connectivity index is 6.73. The van der Waals surface area contributed by atoms with Gasteiger partial charge in [0, 0.05) is 30.8 Å². The molecule has 0 bridgehead atoms. The molecule has 0 aromatic heterocycles. The zero-order chi connectivity index (χ0) is 55.8. The zero-order valence-corrected chi connectivity index (χ0v) is 48.8. The Morgan fingerprint density at radius 1 is 0.467 bits per heavy atom. The van der Waals surface area contributed by atoms with Gasteiger partial charge in [0.15, 0.2) is 11.6 Å². The molecule has 5 atom stereocenters. The summed E-state index contributed by atoms with van der Waals surface area (Å²) >= 11 is 0.984. The number of carboxylic acid groups (broad SMARTS) is 1. The van der Waals surface area contributed by atoms with Crippen molar-refractivity contribution in [1.29, 1.82) is 0 Å². The largest absolute Gasteiger partial charge is 0.479 e. The Morgan fingerprint density at radius 2 is 0.800 bits per heavy atom. The first-order valence-electron chi connectivity index (χ1n) is 30.7. The standard InChI is InChI=1S/C60H113N3O11S/c1-4-7-10-13-16-19-22-25-28-31-34-37-40-43-53(67)56(74-58(71)51(61)47-65)60(59(72)73,54(68)44-41-38-35-32-29-26-23-20-17-14-11-8-5-2)63(57(70)52(62)49-75-48-50(66)46-64)55(69)45-42-39-36-33-30-27-24-21-18-15-12-9-6-3/h50-52,56,64-66H,4-49,61-62H2,1-3H3,(H,72,73)/t50?,51-,52-,56?,60-/m0/s1. The van der Waals surface area contributed by atoms with Gasteiger partial charge in [-0.1, -0.05) is 252 Å². The molecule has 0 fully saturated rings. The van der Waals surface area contributed by atoms with E-state index in [9.17, 15) is 44.4 Å². The van der Waals surface area contributed by atoms with Crippen LogP contribution < -0.4 is 11.5 Å². The maximum Gasteiger partial charge on any atom is 0.342 e. The van der Waals surface area contributed by atoms with E-state index < -0.39 is 84.8 Å². The van der Waals surface area contributed by atoms with Gasteiger partial charge in [-0.3, -0.25) is 28.9 Å². The number of ether oxygens (including phenoxy) is 1. The van der Waals surface area contributed by atoms with Crippen molar-refractivity contribution in [1.82, 2.24) is 4.90 Å². The Hall–Kier alpha value is -2.43. The van der Waals surface area contributed by atoms with E-state index in [2.05, 4.69) is 20.8 Å². The van der Waals surface area contributed by atoms with E-state index in [4.69, 9.17) is 16.2 Å². The number of ketones is 2. The molecule has 440 valence electrons. The lowest BCUT2D eigenvalue weighted by Gasteiger charge is -2.43. The van der Waals surface area contributed by atoms with Crippen molar-refractivity contribution in [3.8, 4) is 0 Å². The van der Waals surface area contributed by atoms with Gasteiger partial charge in [-0.2, -0.15) is 11.8 Å². The van der Waals surface area contributed by atoms with Crippen LogP contribution in [0, 0.1) is 0 Å². The van der Waals surface area contributed by atoms with Crippen LogP contribution in [0.4, 0.5) is 0 Å². The van der Waals surface area contributed by atoms with Gasteiger partial charge in [-0.25, -0.2) is 4.79 Å². The van der Waals surface area contributed by atoms with Crippen molar-refractivity contribution in [2.75, 3.05) is 24.7 Å². The smallest absolute Gasteiger partial charge is 0.342 e. The van der Waals surface area contributed by atoms with Gasteiger partial charge in [0.1, 0.15) is 6.04 Å². The van der Waals surface area contributed by atoms with E-state index >= 15 is 4.79 Å². The topological polar surface area (TPSA) is 248 Å². The van der Waals surface area contributed by atoms with E-state index in [0.29, 0.717) is 24.2 Å². The molecule has 0 aliphatic carbocycles. The summed E-state index contributed by atoms with van der Waals surface area (Å²) in [6.45, 7) is 5.15. The minimum atomic E-state index is -3.34. The molecule has 2 amide bonds. The predicted octanol–water partition coefficient (Wildman–Crippen LogP) is 12.4. The second-order valence-corrected chi connectivity index (χ2v) is 22.7. The Morgan fingerprint density at radius 3 is 1.13 bits per heavy atom. The number of rotatable bonds is 56. The number of imide groups is 1. The average molecular weight is 1080 g/mol. The number of amides is 2. The van der Waals surface area contributed by atoms with Crippen LogP contribution in [-0.2, 0) is 33.5 Å². The second kappa shape index (κ2) is 49.8. The van der Waals surface area contributed by atoms with Crippen molar-refractivity contribution in [3.05, 3.63) is 0 Å². The number of hydrogen-bond donors (Lipinski definition) is 6. The molecule has 75 heavy (non-hydrogen) atoms. The third kappa shape index (κ3) is 34.2. The fraction of sp³-hybridized carbons (Fsp3) is 0.900. The number of carbonyl (C=O) groups excluding carboxylic acids is 5. The number of nitrogens with two attached hydrogens (primary N) is 2. The number of Topliss-reactive ketones (excluding diaryl/α,β-unsaturated/α-hetero) is 2. The molecular weight excluding hydrogens is 971 g/mol. The first-order chi connectivity index (χ1) is 36.3. The quantitative estimate of drug-likeness (QED) is 0.0188. The first kappa shape index (κ1) is 72.6. The highest BCUT2D eigenvalue weighted by molar-refractivity contribution is 7.99. The maximum absolute atomic E-state index is 15.1. The molecule has 2 unspecified atom stereocenters. The molecule has 0 saturated carbocycles. The lowest BCUT2D eigenvalue weighted by molar-refractivity contribution is -0.188. The molecule has 0 aromatic rings. The number of aliphatic carboxylic acids is 1. The van der Waals surface area contributed by atoms with Crippen molar-refractivity contribution in [2.45, 2.75) is 320 Å². The number of unbranched alkanes of at least 4 members (excludes halogenated alkanes) is 36. The van der Waals surface area contributed by atoms with Crippen LogP contribution in [0.25, 0.3) is 0 Å². The SMILES string of the molecule is CCCCCCCCCCCCCCCC(=O)C(OC(=O)[C@@H](N)CO)[C@](C(=O)O)(C(=O)CCCCCCCCCCCCCCC)N(C(=O)CCCCCCCCCCCCCCC)C(=O)[C@@H](N)CSCC(O)CO. The number of carbonyl (C=O) groups is 6. The third-order valence-corrected chi connectivity index (χ3v) is 15.9. The van der Waals surface area contributed by atoms with Gasteiger partial charge in [0.2, 0.25) is 23.5 Å². The van der Waals surface area contributed by atoms with Crippen LogP contribution >= 0.6 is 11.8 Å². The van der Waals surface area contributed by atoms with Crippen molar-refractivity contribution >= 4 is 47.1 Å². The molecule has 0 saturated heterocycles. The number of esters is 1. The highest BCUT2D eigenvalue weighted by Crippen LogP contribution is 2.33. The monoisotopic (exact) mass is 1080 g/mol. The highest BCUT2D eigenvalue weighted by atomic mass is 32.2. The molecule has 15 heteroatoms. The molecule has 0 aliphatic rings. The fourth-order valence-corrected chi connectivity index (χ4v) is 10.7. The molecule has 0 heterocycles. The summed E-state index contributed by atoms with van der Waals surface area (Å²) in [5.41, 5.74) is 9.01. The van der Waals surface area contributed by atoms with Gasteiger partial charge < -0.3 is 36.6 Å². The fourth-order valence-electron chi connectivity index (χ4n) is 9.84. The average Bonchev–Trinajstić information content (AvgIpc) is 3.40. The maximum atomic E-state index is 15.1. The van der Waals surface area contributed by atoms with Crippen LogP contribution in [0.15, 0.2) is 0 Å². The normalized spacial score (nSPS) is 14.0. The summed E-state index contributed by atoms with van der Waals surface area (Å²) < 4.78 is 5.68. The van der Waals surface area contributed by atoms with Crippen molar-refractivity contribution in [2.24, 2.45) is 11.5 Å². The first-order valence-corrected chi connectivity index (χ1v) is 31.8. The Labute approximate surface area is 460 Å². The zero-order valence-electron chi connectivity index (χ0n) is 48.0. The molecule has 14 nitrogen and oxygen atoms in total. The highest BCUT2D eigenvalue weighted by Gasteiger charge is 2.64. The number of carboxylic acids is 1. The number of aliphatic hydroxyl groups excluding tert-OH is 3. The van der Waals surface area contributed by atoms with Gasteiger partial charge in [0.05, 0.1) is 25.4 Å². The summed E-state index contributed by atoms with van der Waals surface area (Å²) in [6, 6.07) is -3.33. The lowest BCUT2D eigenvalue weighted by atomic mass is 9.79. The molecule has 0 spiro atoms. The number of nitrogens with zero attached hydrogens (tertiary/aromatic N) is 1. The van der Waals surface area contributed by atoms with E-state index in [1.165, 1.54) is 122 Å². The summed E-state index contributed by atoms with van der Waals surface area (Å²) in [7, 11) is 0. The van der Waals surface area contributed by atoms with Crippen LogP contribution in [0.5, 0.6) is 0 Å². The summed E-state index contributed by atoms with van der Waals surface area (Å²) in [5.74, 6) is -8.05. The van der Waals surface area contributed by atoms with Gasteiger partial charge in [-0.15, -0.1) is 0 Å². The van der Waals surface area contributed by atoms with Gasteiger partial charge >= 0.3 is 11.9 Å². The minimum Gasteiger partial charge on any atom is -0.479 e. The Bertz CT molecular complexity index is 1460. The second-order valence-electron chi connectivity index (χ2n) is 21.6. The van der Waals surface area contributed by atoms with Crippen LogP contribution in [0.1, 0.15) is 290 Å². The number of hydrogen-bond acceptors (Lipinski definition) is 13. The lowest BCUT2D eigenvalue weighted by Crippen LogP contribution is -2.74. The Kier molecular flexibility index (Phi) is 48.2. The van der Waals surface area contributed by atoms with Gasteiger partial charge in [-0.05, 0) is 19.3 Å². The minimum absolute atomic E-state index is 0.0384. The van der Waals surface area contributed by atoms with Crippen molar-refractivity contribution in [3.63, 3.8) is 0 Å². The van der Waals surface area contributed by atoms with E-state index in [-0.39, 0.29) is 43.6 Å². The molecule has 0 rings (SSSR count). The van der Waals surface area contributed by atoms with Crippen molar-refractivity contribution < 1.29 is 53.9 Å². The van der Waals surface area contributed by atoms with Gasteiger partial charge in [0.25, 0.3) is 0 Å². The van der Waals surface area contributed by atoms with E-state index in [0.717, 1.165) is 102 Å². The summed E-state index contributed by atoms with van der Waals surface area (Å²) in [4.78, 5) is 87.6. The number of aliphatic hydroxyl groups is 3. The third-order valence-electron chi connectivity index (χ3n) is 14.6. The van der Waals surface area contributed by atoms with Crippen LogP contribution in [-0.4, -0.2) is 115 Å². The molecular formula is C60H113N3O11S. The predicted molar refractivity (Wildman–Crippen MR) is 307 cm³/mol. The molecule has 0 aromatic carbocycles. The summed E-state index contributed by atoms with van der Waals surface area (Å²) in [6.07, 6.45) is 35.1. The van der Waals surface area contributed by atoms with Crippen LogP contribution in [0.2, 0.25) is 0 Å². The molecule has 8 N–H and O–H groups in total. The van der Waals surface area contributed by atoms with E-state index in [1.807, 2.05) is 0 Å². The summed E-state index contributed by atoms with van der Waals surface area (Å²) in [5, 5.41) is 40.8. The molecule has 0 radical (unpaired) electrons. The number of thioether (sulfide) groups is 1. The molecule has 0 aliphatic heterocycles. The van der Waals surface area contributed by atoms with Crippen LogP contribution in [0.3, 0.4) is 0 Å². The van der Waals surface area contributed by atoms with E-state index in [1.54, 1.807) is 0 Å².